The molecular formula is C18H25N5OSi. The van der Waals surface area contributed by atoms with E-state index < -0.39 is 8.07 Å². The highest BCUT2D eigenvalue weighted by atomic mass is 28.3. The zero-order valence-corrected chi connectivity index (χ0v) is 16.6. The summed E-state index contributed by atoms with van der Waals surface area (Å²) in [6.45, 7) is 10.8. The van der Waals surface area contributed by atoms with E-state index in [-0.39, 0.29) is 11.7 Å². The number of nitrogens with zero attached hydrogens (tertiary/aromatic N) is 3. The summed E-state index contributed by atoms with van der Waals surface area (Å²) in [5.41, 5.74) is 11.0. The van der Waals surface area contributed by atoms with Gasteiger partial charge in [0.2, 0.25) is 5.95 Å². The van der Waals surface area contributed by atoms with Crippen LogP contribution >= 0.6 is 0 Å². The van der Waals surface area contributed by atoms with Crippen molar-refractivity contribution >= 4 is 19.8 Å². The predicted molar refractivity (Wildman–Crippen MR) is 105 cm³/mol. The van der Waals surface area contributed by atoms with Crippen molar-refractivity contribution in [3.63, 3.8) is 0 Å². The Morgan fingerprint density at radius 3 is 2.44 bits per heavy atom. The number of nitrogens with one attached hydrogen (secondary N) is 1. The minimum atomic E-state index is -1.48. The van der Waals surface area contributed by atoms with Crippen LogP contribution in [0.5, 0.6) is 11.5 Å². The van der Waals surface area contributed by atoms with Crippen molar-refractivity contribution in [3.8, 4) is 23.0 Å². The molecule has 0 radical (unpaired) electrons. The lowest BCUT2D eigenvalue weighted by Crippen LogP contribution is -2.16. The van der Waals surface area contributed by atoms with E-state index in [1.54, 1.807) is 13.2 Å². The minimum Gasteiger partial charge on any atom is -0.451 e. The first kappa shape index (κ1) is 18.7. The average Bonchev–Trinajstić information content (AvgIpc) is 2.54. The van der Waals surface area contributed by atoms with Gasteiger partial charge in [-0.25, -0.2) is 9.97 Å². The Hall–Kier alpha value is -2.59. The molecule has 2 aromatic heterocycles. The van der Waals surface area contributed by atoms with Crippen molar-refractivity contribution in [2.75, 3.05) is 18.1 Å². The van der Waals surface area contributed by atoms with Crippen LogP contribution in [0.25, 0.3) is 0 Å². The van der Waals surface area contributed by atoms with Crippen LogP contribution in [0.1, 0.15) is 31.0 Å². The van der Waals surface area contributed by atoms with Gasteiger partial charge in [0.05, 0.1) is 6.20 Å². The second-order valence-electron chi connectivity index (χ2n) is 7.06. The van der Waals surface area contributed by atoms with E-state index in [0.29, 0.717) is 23.1 Å². The number of anilines is 2. The van der Waals surface area contributed by atoms with E-state index >= 15 is 0 Å². The van der Waals surface area contributed by atoms with Gasteiger partial charge in [0.15, 0.2) is 11.6 Å². The zero-order valence-electron chi connectivity index (χ0n) is 15.6. The highest BCUT2D eigenvalue weighted by Crippen LogP contribution is 2.32. The maximum Gasteiger partial charge on any atom is 0.224 e. The third-order valence-corrected chi connectivity index (χ3v) is 4.18. The molecule has 0 aliphatic rings. The van der Waals surface area contributed by atoms with Crippen LogP contribution in [0.3, 0.4) is 0 Å². The second kappa shape index (κ2) is 7.53. The van der Waals surface area contributed by atoms with E-state index in [1.807, 2.05) is 12.3 Å². The summed E-state index contributed by atoms with van der Waals surface area (Å²) in [5.74, 6) is 5.23. The van der Waals surface area contributed by atoms with Gasteiger partial charge in [0.25, 0.3) is 0 Å². The van der Waals surface area contributed by atoms with E-state index in [1.165, 1.54) is 0 Å². The number of nitrogen functional groups attached to an aromatic ring is 1. The van der Waals surface area contributed by atoms with Crippen molar-refractivity contribution in [2.24, 2.45) is 0 Å². The number of hydrogen-bond acceptors (Lipinski definition) is 6. The summed E-state index contributed by atoms with van der Waals surface area (Å²) in [7, 11) is 0.259. The molecule has 0 unspecified atom stereocenters. The van der Waals surface area contributed by atoms with Gasteiger partial charge in [-0.3, -0.25) is 0 Å². The summed E-state index contributed by atoms with van der Waals surface area (Å²) in [6, 6.07) is 1.86. The molecule has 0 aromatic carbocycles. The molecule has 0 saturated heterocycles. The molecule has 132 valence electrons. The summed E-state index contributed by atoms with van der Waals surface area (Å²) in [6.07, 6.45) is 3.37. The molecule has 0 fully saturated rings. The van der Waals surface area contributed by atoms with Crippen LogP contribution in [0.4, 0.5) is 11.8 Å². The van der Waals surface area contributed by atoms with Gasteiger partial charge in [-0.1, -0.05) is 39.4 Å². The summed E-state index contributed by atoms with van der Waals surface area (Å²) in [4.78, 5) is 12.8. The molecule has 3 N–H and O–H groups in total. The highest BCUT2D eigenvalue weighted by Gasteiger charge is 2.14. The summed E-state index contributed by atoms with van der Waals surface area (Å²) in [5, 5.41) is 2.85. The fourth-order valence-electron chi connectivity index (χ4n) is 1.99. The Bertz CT molecular complexity index is 818. The first-order valence-electron chi connectivity index (χ1n) is 8.21. The number of rotatable bonds is 4. The normalized spacial score (nSPS) is 11.0. The quantitative estimate of drug-likeness (QED) is 0.643. The van der Waals surface area contributed by atoms with Gasteiger partial charge in [-0.05, 0) is 5.92 Å². The molecule has 0 bridgehead atoms. The molecule has 0 aliphatic carbocycles. The lowest BCUT2D eigenvalue weighted by molar-refractivity contribution is 0.470. The maximum atomic E-state index is 6.00. The predicted octanol–water partition coefficient (Wildman–Crippen LogP) is 3.64. The van der Waals surface area contributed by atoms with Crippen molar-refractivity contribution in [1.29, 1.82) is 0 Å². The van der Waals surface area contributed by atoms with Gasteiger partial charge in [-0.2, -0.15) is 4.98 Å². The Balaban J connectivity index is 2.41. The molecule has 0 atom stereocenters. The molecule has 6 nitrogen and oxygen atoms in total. The third-order valence-electron chi connectivity index (χ3n) is 3.31. The van der Waals surface area contributed by atoms with Crippen LogP contribution in [-0.4, -0.2) is 30.1 Å². The maximum absolute atomic E-state index is 6.00. The summed E-state index contributed by atoms with van der Waals surface area (Å²) >= 11 is 0. The Morgan fingerprint density at radius 2 is 1.88 bits per heavy atom. The highest BCUT2D eigenvalue weighted by molar-refractivity contribution is 6.83. The molecule has 2 heterocycles. The number of hydrogen-bond donors (Lipinski definition) is 2. The first-order chi connectivity index (χ1) is 11.7. The average molecular weight is 356 g/mol. The van der Waals surface area contributed by atoms with Crippen LogP contribution in [-0.2, 0) is 0 Å². The lowest BCUT2D eigenvalue weighted by atomic mass is 10.0. The Kier molecular flexibility index (Phi) is 5.65. The fourth-order valence-corrected chi connectivity index (χ4v) is 2.49. The van der Waals surface area contributed by atoms with Gasteiger partial charge in [0.1, 0.15) is 19.5 Å². The standard InChI is InChI=1S/C18H25N5OSi/c1-12(2)14-10-21-13(7-8-25(4,5)6)9-15(14)24-16-11-22-18(20-3)23-17(16)19/h9-12H,1-6H3,(H3,19,20,22,23). The molecule has 2 rings (SSSR count). The topological polar surface area (TPSA) is 86.0 Å². The Labute approximate surface area is 150 Å². The van der Waals surface area contributed by atoms with Crippen LogP contribution in [0.2, 0.25) is 19.6 Å². The first-order valence-corrected chi connectivity index (χ1v) is 11.7. The van der Waals surface area contributed by atoms with E-state index in [2.05, 4.69) is 65.2 Å². The van der Waals surface area contributed by atoms with E-state index in [4.69, 9.17) is 10.5 Å². The van der Waals surface area contributed by atoms with Crippen molar-refractivity contribution in [2.45, 2.75) is 39.4 Å². The van der Waals surface area contributed by atoms with Crippen molar-refractivity contribution < 1.29 is 4.74 Å². The van der Waals surface area contributed by atoms with E-state index in [0.717, 1.165) is 5.56 Å². The van der Waals surface area contributed by atoms with Gasteiger partial charge >= 0.3 is 0 Å². The largest absolute Gasteiger partial charge is 0.451 e. The van der Waals surface area contributed by atoms with Crippen LogP contribution in [0, 0.1) is 11.5 Å². The second-order valence-corrected chi connectivity index (χ2v) is 11.8. The summed E-state index contributed by atoms with van der Waals surface area (Å²) < 4.78 is 6.00. The van der Waals surface area contributed by atoms with Crippen LogP contribution < -0.4 is 15.8 Å². The number of pyridine rings is 1. The van der Waals surface area contributed by atoms with Crippen LogP contribution in [0.15, 0.2) is 18.5 Å². The number of aromatic nitrogens is 3. The molecule has 0 spiro atoms. The Morgan fingerprint density at radius 1 is 1.16 bits per heavy atom. The van der Waals surface area contributed by atoms with Gasteiger partial charge in [-0.15, -0.1) is 5.54 Å². The fraction of sp³-hybridized carbons (Fsp3) is 0.389. The molecule has 0 saturated carbocycles. The zero-order chi connectivity index (χ0) is 18.6. The number of ether oxygens (including phenoxy) is 1. The van der Waals surface area contributed by atoms with Gasteiger partial charge in [0, 0.05) is 24.9 Å². The molecule has 0 amide bonds. The molecule has 0 aliphatic heterocycles. The van der Waals surface area contributed by atoms with E-state index in [9.17, 15) is 0 Å². The van der Waals surface area contributed by atoms with Crippen molar-refractivity contribution in [3.05, 3.63) is 29.7 Å². The van der Waals surface area contributed by atoms with Gasteiger partial charge < -0.3 is 15.8 Å². The molecule has 25 heavy (non-hydrogen) atoms. The van der Waals surface area contributed by atoms with Crippen molar-refractivity contribution in [1.82, 2.24) is 15.0 Å². The lowest BCUT2D eigenvalue weighted by Gasteiger charge is -2.14. The third kappa shape index (κ3) is 5.19. The molecular weight excluding hydrogens is 330 g/mol. The monoisotopic (exact) mass is 355 g/mol. The number of nitrogens with two attached hydrogens (primary N) is 1. The smallest absolute Gasteiger partial charge is 0.224 e. The molecule has 2 aromatic rings. The molecule has 7 heteroatoms. The minimum absolute atomic E-state index is 0.250. The SMILES string of the molecule is CNc1ncc(Oc2cc(C#C[Si](C)(C)C)ncc2C(C)C)c(N)n1.